The highest BCUT2D eigenvalue weighted by Crippen LogP contribution is 2.35. The number of para-hydroxylation sites is 2. The number of ether oxygens (including phenoxy) is 2. The summed E-state index contributed by atoms with van der Waals surface area (Å²) in [4.78, 5) is 27.1. The van der Waals surface area contributed by atoms with Gasteiger partial charge in [0.1, 0.15) is 16.5 Å². The van der Waals surface area contributed by atoms with E-state index in [1.807, 2.05) is 4.90 Å². The Kier molecular flexibility index (Phi) is 6.37. The van der Waals surface area contributed by atoms with E-state index in [9.17, 15) is 18.0 Å². The van der Waals surface area contributed by atoms with E-state index in [1.165, 1.54) is 26.2 Å². The first-order chi connectivity index (χ1) is 15.8. The maximum absolute atomic E-state index is 12.8. The fourth-order valence-electron chi connectivity index (χ4n) is 3.87. The van der Waals surface area contributed by atoms with E-state index in [4.69, 9.17) is 9.47 Å². The second-order valence-corrected chi connectivity index (χ2v) is 9.44. The number of fused-ring (bicyclic) bond motifs is 3. The molecule has 2 aliphatic rings. The van der Waals surface area contributed by atoms with Crippen LogP contribution in [0.4, 0.5) is 11.4 Å². The summed E-state index contributed by atoms with van der Waals surface area (Å²) in [6.45, 7) is 2.11. The number of hydrogen-bond donors (Lipinski definition) is 1. The molecule has 174 valence electrons. The minimum Gasteiger partial charge on any atom is -0.495 e. The Labute approximate surface area is 192 Å². The Hall–Kier alpha value is -3.40. The van der Waals surface area contributed by atoms with E-state index < -0.39 is 28.0 Å². The molecule has 1 unspecified atom stereocenters. The Morgan fingerprint density at radius 2 is 1.91 bits per heavy atom. The number of hydrogen-bond acceptors (Lipinski definition) is 7. The van der Waals surface area contributed by atoms with Gasteiger partial charge in [0.15, 0.2) is 6.10 Å². The molecular formula is C23H25N3O6S. The first-order valence-electron chi connectivity index (χ1n) is 10.7. The third-order valence-electron chi connectivity index (χ3n) is 5.60. The number of carbonyl (C=O) groups excluding carboxylic acids is 2. The van der Waals surface area contributed by atoms with E-state index >= 15 is 0 Å². The van der Waals surface area contributed by atoms with Gasteiger partial charge in [-0.3, -0.25) is 4.79 Å². The standard InChI is InChI=1S/C23H25N3O6S/c1-15(22(27)24-17-8-5-6-9-19(17)31-2)32-23(28)16-11-12-18-20(14-16)33(29,30)25-21-10-4-3-7-13-26(18)21/h5-6,8-9,11-12,14-15H,3-4,7,10,13H2,1-2H3,(H,24,27). The molecule has 0 aromatic heterocycles. The number of rotatable bonds is 5. The van der Waals surface area contributed by atoms with Gasteiger partial charge < -0.3 is 19.7 Å². The number of sulfonamides is 1. The highest BCUT2D eigenvalue weighted by Gasteiger charge is 2.32. The van der Waals surface area contributed by atoms with Crippen LogP contribution >= 0.6 is 0 Å². The number of nitrogens with zero attached hydrogens (tertiary/aromatic N) is 2. The van der Waals surface area contributed by atoms with Crippen LogP contribution in [0, 0.1) is 0 Å². The van der Waals surface area contributed by atoms with Crippen molar-refractivity contribution in [1.82, 2.24) is 0 Å². The average molecular weight is 472 g/mol. The molecule has 0 saturated carbocycles. The monoisotopic (exact) mass is 471 g/mol. The molecule has 0 aliphatic carbocycles. The smallest absolute Gasteiger partial charge is 0.338 e. The number of anilines is 2. The molecule has 1 N–H and O–H groups in total. The molecule has 0 spiro atoms. The predicted octanol–water partition coefficient (Wildman–Crippen LogP) is 3.36. The van der Waals surface area contributed by atoms with Gasteiger partial charge in [-0.05, 0) is 50.1 Å². The number of methoxy groups -OCH3 is 1. The van der Waals surface area contributed by atoms with Gasteiger partial charge in [0, 0.05) is 13.0 Å². The lowest BCUT2D eigenvalue weighted by Crippen LogP contribution is -2.35. The summed E-state index contributed by atoms with van der Waals surface area (Å²) < 4.78 is 40.0. The van der Waals surface area contributed by atoms with Crippen LogP contribution in [0.15, 0.2) is 51.8 Å². The Morgan fingerprint density at radius 3 is 2.70 bits per heavy atom. The average Bonchev–Trinajstić information content (AvgIpc) is 3.04. The summed E-state index contributed by atoms with van der Waals surface area (Å²) in [6.07, 6.45) is 2.30. The molecule has 1 saturated heterocycles. The zero-order valence-corrected chi connectivity index (χ0v) is 19.2. The van der Waals surface area contributed by atoms with Gasteiger partial charge in [-0.25, -0.2) is 4.79 Å². The minimum atomic E-state index is -3.93. The molecule has 2 aromatic rings. The Bertz CT molecular complexity index is 1220. The van der Waals surface area contributed by atoms with Gasteiger partial charge in [0.05, 0.1) is 24.0 Å². The molecule has 2 aromatic carbocycles. The Balaban J connectivity index is 1.51. The molecule has 1 amide bonds. The van der Waals surface area contributed by atoms with Crippen LogP contribution in [0.25, 0.3) is 0 Å². The van der Waals surface area contributed by atoms with E-state index in [0.717, 1.165) is 19.3 Å². The number of nitrogens with one attached hydrogen (secondary N) is 1. The molecule has 1 atom stereocenters. The third kappa shape index (κ3) is 4.70. The second-order valence-electron chi connectivity index (χ2n) is 7.86. The molecule has 10 heteroatoms. The molecule has 0 bridgehead atoms. The van der Waals surface area contributed by atoms with Gasteiger partial charge in [0.25, 0.3) is 15.9 Å². The van der Waals surface area contributed by atoms with Crippen molar-refractivity contribution in [2.45, 2.75) is 43.6 Å². The van der Waals surface area contributed by atoms with Gasteiger partial charge in [-0.2, -0.15) is 8.42 Å². The summed E-state index contributed by atoms with van der Waals surface area (Å²) in [6, 6.07) is 11.2. The predicted molar refractivity (Wildman–Crippen MR) is 123 cm³/mol. The van der Waals surface area contributed by atoms with Crippen molar-refractivity contribution in [2.24, 2.45) is 4.40 Å². The zero-order valence-electron chi connectivity index (χ0n) is 18.4. The van der Waals surface area contributed by atoms with Crippen molar-refractivity contribution in [1.29, 1.82) is 0 Å². The van der Waals surface area contributed by atoms with Crippen molar-refractivity contribution in [2.75, 3.05) is 23.9 Å². The highest BCUT2D eigenvalue weighted by atomic mass is 32.2. The summed E-state index contributed by atoms with van der Waals surface area (Å²) >= 11 is 0. The van der Waals surface area contributed by atoms with Crippen LogP contribution in [-0.2, 0) is 19.6 Å². The molecule has 0 radical (unpaired) electrons. The van der Waals surface area contributed by atoms with E-state index in [0.29, 0.717) is 35.9 Å². The lowest BCUT2D eigenvalue weighted by atomic mass is 10.1. The molecule has 33 heavy (non-hydrogen) atoms. The molecule has 9 nitrogen and oxygen atoms in total. The second kappa shape index (κ2) is 9.22. The SMILES string of the molecule is COc1ccccc1NC(=O)C(C)OC(=O)c1ccc2c(c1)S(=O)(=O)N=C1CCCCCN12. The first-order valence-corrected chi connectivity index (χ1v) is 12.1. The normalized spacial score (nSPS) is 17.5. The molecule has 4 rings (SSSR count). The number of carbonyl (C=O) groups is 2. The lowest BCUT2D eigenvalue weighted by molar-refractivity contribution is -0.123. The summed E-state index contributed by atoms with van der Waals surface area (Å²) in [5.41, 5.74) is 0.988. The van der Waals surface area contributed by atoms with Crippen LogP contribution in [0.1, 0.15) is 43.0 Å². The molecular weight excluding hydrogens is 446 g/mol. The van der Waals surface area contributed by atoms with Crippen molar-refractivity contribution >= 4 is 39.1 Å². The number of amidine groups is 1. The molecule has 2 aliphatic heterocycles. The van der Waals surface area contributed by atoms with Crippen LogP contribution in [-0.4, -0.2) is 45.9 Å². The third-order valence-corrected chi connectivity index (χ3v) is 6.94. The maximum Gasteiger partial charge on any atom is 0.338 e. The number of amides is 1. The fourth-order valence-corrected chi connectivity index (χ4v) is 5.16. The highest BCUT2D eigenvalue weighted by molar-refractivity contribution is 7.90. The summed E-state index contributed by atoms with van der Waals surface area (Å²) in [5.74, 6) is -0.340. The minimum absolute atomic E-state index is 0.0303. The van der Waals surface area contributed by atoms with E-state index in [-0.39, 0.29) is 10.5 Å². The summed E-state index contributed by atoms with van der Waals surface area (Å²) in [5, 5.41) is 2.66. The largest absolute Gasteiger partial charge is 0.495 e. The van der Waals surface area contributed by atoms with Crippen LogP contribution in [0.2, 0.25) is 0 Å². The van der Waals surface area contributed by atoms with Crippen LogP contribution < -0.4 is 15.0 Å². The van der Waals surface area contributed by atoms with Crippen molar-refractivity contribution < 1.29 is 27.5 Å². The van der Waals surface area contributed by atoms with Crippen molar-refractivity contribution in [3.63, 3.8) is 0 Å². The van der Waals surface area contributed by atoms with Crippen molar-refractivity contribution in [3.8, 4) is 5.75 Å². The first kappa shape index (κ1) is 22.8. The Morgan fingerprint density at radius 1 is 1.12 bits per heavy atom. The van der Waals surface area contributed by atoms with E-state index in [1.54, 1.807) is 30.3 Å². The fraction of sp³-hybridized carbons (Fsp3) is 0.348. The van der Waals surface area contributed by atoms with Gasteiger partial charge in [0.2, 0.25) is 0 Å². The topological polar surface area (TPSA) is 114 Å². The maximum atomic E-state index is 12.8. The number of benzene rings is 2. The number of esters is 1. The van der Waals surface area contributed by atoms with Gasteiger partial charge in [-0.1, -0.05) is 18.6 Å². The quantitative estimate of drug-likeness (QED) is 0.665. The zero-order chi connectivity index (χ0) is 23.6. The lowest BCUT2D eigenvalue weighted by Gasteiger charge is -2.29. The molecule has 1 fully saturated rings. The van der Waals surface area contributed by atoms with Gasteiger partial charge in [-0.15, -0.1) is 4.40 Å². The van der Waals surface area contributed by atoms with Gasteiger partial charge >= 0.3 is 5.97 Å². The van der Waals surface area contributed by atoms with Crippen LogP contribution in [0.3, 0.4) is 0 Å². The van der Waals surface area contributed by atoms with Crippen molar-refractivity contribution in [3.05, 3.63) is 48.0 Å². The molecule has 2 heterocycles. The van der Waals surface area contributed by atoms with E-state index in [2.05, 4.69) is 9.71 Å². The summed E-state index contributed by atoms with van der Waals surface area (Å²) in [7, 11) is -2.45. The van der Waals surface area contributed by atoms with Crippen LogP contribution in [0.5, 0.6) is 5.75 Å².